The molecule has 23 heavy (non-hydrogen) atoms. The van der Waals surface area contributed by atoms with Gasteiger partial charge in [-0.25, -0.2) is 0 Å². The average molecular weight is 337 g/mol. The Morgan fingerprint density at radius 1 is 1.30 bits per heavy atom. The monoisotopic (exact) mass is 337 g/mol. The van der Waals surface area contributed by atoms with Crippen molar-refractivity contribution in [2.75, 3.05) is 5.32 Å². The molecule has 0 aliphatic carbocycles. The van der Waals surface area contributed by atoms with Crippen LogP contribution in [-0.2, 0) is 11.8 Å². The molecule has 1 heterocycles. The highest BCUT2D eigenvalue weighted by atomic mass is 32.2. The average Bonchev–Trinajstić information content (AvgIpc) is 2.72. The van der Waals surface area contributed by atoms with Gasteiger partial charge in [0.15, 0.2) is 0 Å². The molecular weight excluding hydrogens is 320 g/mol. The van der Waals surface area contributed by atoms with Gasteiger partial charge in [-0.2, -0.15) is 13.9 Å². The van der Waals surface area contributed by atoms with Gasteiger partial charge >= 0.3 is 0 Å². The van der Waals surface area contributed by atoms with E-state index in [0.717, 1.165) is 17.0 Å². The number of alkyl halides is 2. The third kappa shape index (κ3) is 4.66. The van der Waals surface area contributed by atoms with Crippen molar-refractivity contribution >= 4 is 29.4 Å². The summed E-state index contributed by atoms with van der Waals surface area (Å²) in [6.45, 7) is 3.81. The molecule has 1 aromatic heterocycles. The molecule has 1 aromatic carbocycles. The maximum atomic E-state index is 12.2. The zero-order valence-corrected chi connectivity index (χ0v) is 13.8. The molecule has 4 nitrogen and oxygen atoms in total. The van der Waals surface area contributed by atoms with Crippen molar-refractivity contribution in [2.45, 2.75) is 24.5 Å². The minimum atomic E-state index is -2.45. The predicted molar refractivity (Wildman–Crippen MR) is 88.6 cm³/mol. The van der Waals surface area contributed by atoms with E-state index < -0.39 is 5.76 Å². The van der Waals surface area contributed by atoms with Crippen molar-refractivity contribution in [2.24, 2.45) is 7.05 Å². The summed E-state index contributed by atoms with van der Waals surface area (Å²) < 4.78 is 26.2. The predicted octanol–water partition coefficient (Wildman–Crippen LogP) is 4.00. The number of aromatic nitrogens is 2. The summed E-state index contributed by atoms with van der Waals surface area (Å²) in [5, 5.41) is 6.96. The molecule has 0 unspecified atom stereocenters. The van der Waals surface area contributed by atoms with Crippen molar-refractivity contribution in [3.05, 3.63) is 47.3 Å². The Balaban J connectivity index is 2.00. The topological polar surface area (TPSA) is 46.9 Å². The van der Waals surface area contributed by atoms with E-state index in [1.54, 1.807) is 35.0 Å². The second-order valence-corrected chi connectivity index (χ2v) is 6.00. The van der Waals surface area contributed by atoms with Crippen molar-refractivity contribution < 1.29 is 13.6 Å². The minimum Gasteiger partial charge on any atom is -0.323 e. The number of benzene rings is 1. The first-order chi connectivity index (χ1) is 10.9. The van der Waals surface area contributed by atoms with Crippen LogP contribution < -0.4 is 5.32 Å². The molecule has 0 radical (unpaired) electrons. The van der Waals surface area contributed by atoms with Crippen LogP contribution in [0.4, 0.5) is 14.5 Å². The van der Waals surface area contributed by atoms with Gasteiger partial charge in [0.25, 0.3) is 5.76 Å². The molecule has 0 saturated carbocycles. The van der Waals surface area contributed by atoms with E-state index in [2.05, 4.69) is 10.4 Å². The van der Waals surface area contributed by atoms with E-state index in [9.17, 15) is 13.6 Å². The molecule has 7 heteroatoms. The van der Waals surface area contributed by atoms with Gasteiger partial charge < -0.3 is 5.32 Å². The number of anilines is 1. The smallest absolute Gasteiger partial charge is 0.288 e. The molecular formula is C16H17F2N3OS. The van der Waals surface area contributed by atoms with Crippen LogP contribution in [0, 0.1) is 13.8 Å². The number of hydrogen-bond donors (Lipinski definition) is 1. The highest BCUT2D eigenvalue weighted by Crippen LogP contribution is 2.26. The number of hydrogen-bond acceptors (Lipinski definition) is 3. The van der Waals surface area contributed by atoms with Gasteiger partial charge in [-0.05, 0) is 44.2 Å². The van der Waals surface area contributed by atoms with E-state index >= 15 is 0 Å². The SMILES string of the molecule is Cc1nn(C)c(C)c1/C=C/C(=O)Nc1ccc(SC(F)F)cc1. The molecule has 2 aromatic rings. The van der Waals surface area contributed by atoms with E-state index in [1.807, 2.05) is 20.9 Å². The van der Waals surface area contributed by atoms with E-state index in [4.69, 9.17) is 0 Å². The summed E-state index contributed by atoms with van der Waals surface area (Å²) in [5.41, 5.74) is 3.28. The van der Waals surface area contributed by atoms with Crippen LogP contribution in [0.5, 0.6) is 0 Å². The van der Waals surface area contributed by atoms with Gasteiger partial charge in [0.2, 0.25) is 5.91 Å². The molecule has 2 rings (SSSR count). The van der Waals surface area contributed by atoms with Crippen molar-refractivity contribution in [1.29, 1.82) is 0 Å². The maximum absolute atomic E-state index is 12.2. The van der Waals surface area contributed by atoms with Crippen LogP contribution in [0.3, 0.4) is 0 Å². The normalized spacial score (nSPS) is 11.4. The number of nitrogens with one attached hydrogen (secondary N) is 1. The Morgan fingerprint density at radius 2 is 1.96 bits per heavy atom. The van der Waals surface area contributed by atoms with Crippen molar-refractivity contribution in [3.63, 3.8) is 0 Å². The lowest BCUT2D eigenvalue weighted by molar-refractivity contribution is -0.111. The second-order valence-electron chi connectivity index (χ2n) is 4.93. The van der Waals surface area contributed by atoms with Crippen molar-refractivity contribution in [3.8, 4) is 0 Å². The summed E-state index contributed by atoms with van der Waals surface area (Å²) in [5.74, 6) is -2.74. The molecule has 1 N–H and O–H groups in total. The zero-order valence-electron chi connectivity index (χ0n) is 13.0. The summed E-state index contributed by atoms with van der Waals surface area (Å²) in [6, 6.07) is 6.28. The lowest BCUT2D eigenvalue weighted by Crippen LogP contribution is -2.07. The molecule has 0 bridgehead atoms. The molecule has 0 atom stereocenters. The third-order valence-electron chi connectivity index (χ3n) is 3.31. The van der Waals surface area contributed by atoms with E-state index in [1.165, 1.54) is 6.08 Å². The highest BCUT2D eigenvalue weighted by Gasteiger charge is 2.07. The fourth-order valence-corrected chi connectivity index (χ4v) is 2.59. The zero-order chi connectivity index (χ0) is 17.0. The second kappa shape index (κ2) is 7.41. The number of nitrogens with zero attached hydrogens (tertiary/aromatic N) is 2. The Bertz CT molecular complexity index is 724. The molecule has 1 amide bonds. The van der Waals surface area contributed by atoms with Crippen LogP contribution in [0.2, 0.25) is 0 Å². The minimum absolute atomic E-state index is 0.290. The third-order valence-corrected chi connectivity index (χ3v) is 4.04. The number of thioether (sulfide) groups is 1. The Morgan fingerprint density at radius 3 is 2.48 bits per heavy atom. The summed E-state index contributed by atoms with van der Waals surface area (Å²) >= 11 is 0.470. The van der Waals surface area contributed by atoms with Crippen LogP contribution >= 0.6 is 11.8 Å². The van der Waals surface area contributed by atoms with Gasteiger partial charge in [-0.15, -0.1) is 0 Å². The fourth-order valence-electron chi connectivity index (χ4n) is 2.09. The maximum Gasteiger partial charge on any atom is 0.288 e. The van der Waals surface area contributed by atoms with Crippen LogP contribution in [0.1, 0.15) is 17.0 Å². The molecule has 0 spiro atoms. The lowest BCUT2D eigenvalue weighted by Gasteiger charge is -2.04. The molecule has 0 saturated heterocycles. The first-order valence-electron chi connectivity index (χ1n) is 6.91. The Kier molecular flexibility index (Phi) is 5.54. The number of amides is 1. The summed E-state index contributed by atoms with van der Waals surface area (Å²) in [6.07, 6.45) is 3.15. The molecule has 0 aliphatic rings. The van der Waals surface area contributed by atoms with E-state index in [-0.39, 0.29) is 5.91 Å². The van der Waals surface area contributed by atoms with Crippen LogP contribution in [0.15, 0.2) is 35.2 Å². The van der Waals surface area contributed by atoms with Gasteiger partial charge in [0, 0.05) is 35.0 Å². The number of carbonyl (C=O) groups excluding carboxylic acids is 1. The quantitative estimate of drug-likeness (QED) is 0.662. The summed E-state index contributed by atoms with van der Waals surface area (Å²) in [4.78, 5) is 12.4. The largest absolute Gasteiger partial charge is 0.323 e. The lowest BCUT2D eigenvalue weighted by atomic mass is 10.2. The van der Waals surface area contributed by atoms with Crippen molar-refractivity contribution in [1.82, 2.24) is 9.78 Å². The molecule has 0 fully saturated rings. The number of rotatable bonds is 5. The number of carbonyl (C=O) groups is 1. The van der Waals surface area contributed by atoms with Crippen LogP contribution in [0.25, 0.3) is 6.08 Å². The number of halogens is 2. The number of aryl methyl sites for hydroxylation is 2. The van der Waals surface area contributed by atoms with Gasteiger partial charge in [0.1, 0.15) is 0 Å². The molecule has 122 valence electrons. The van der Waals surface area contributed by atoms with Crippen LogP contribution in [-0.4, -0.2) is 21.4 Å². The van der Waals surface area contributed by atoms with Gasteiger partial charge in [0.05, 0.1) is 5.69 Å². The first kappa shape index (κ1) is 17.2. The fraction of sp³-hybridized carbons (Fsp3) is 0.250. The molecule has 0 aliphatic heterocycles. The van der Waals surface area contributed by atoms with Gasteiger partial charge in [-0.1, -0.05) is 11.8 Å². The van der Waals surface area contributed by atoms with Gasteiger partial charge in [-0.3, -0.25) is 9.48 Å². The summed E-state index contributed by atoms with van der Waals surface area (Å²) in [7, 11) is 1.85. The Labute approximate surface area is 137 Å². The standard InChI is InChI=1S/C16H17F2N3OS/c1-10-14(11(2)21(3)20-10)8-9-15(22)19-12-4-6-13(7-5-12)23-16(17)18/h4-9,16H,1-3H3,(H,19,22)/b9-8+. The first-order valence-corrected chi connectivity index (χ1v) is 7.79. The van der Waals surface area contributed by atoms with E-state index in [0.29, 0.717) is 22.3 Å². The highest BCUT2D eigenvalue weighted by molar-refractivity contribution is 7.99. The Hall–Kier alpha value is -2.15.